The van der Waals surface area contributed by atoms with Crippen molar-refractivity contribution in [2.24, 2.45) is 0 Å². The lowest BCUT2D eigenvalue weighted by molar-refractivity contribution is -0.118. The Labute approximate surface area is 126 Å². The number of carbonyl (C=O) groups excluding carboxylic acids is 1. The van der Waals surface area contributed by atoms with Gasteiger partial charge in [0.1, 0.15) is 0 Å². The molecule has 1 heterocycles. The fraction of sp³-hybridized carbons (Fsp3) is 0.357. The van der Waals surface area contributed by atoms with Gasteiger partial charge in [-0.05, 0) is 12.1 Å². The highest BCUT2D eigenvalue weighted by Crippen LogP contribution is 2.17. The summed E-state index contributed by atoms with van der Waals surface area (Å²) in [5.41, 5.74) is 0.521. The summed E-state index contributed by atoms with van der Waals surface area (Å²) in [5.74, 6) is 0.106. The Hall–Kier alpha value is -1.86. The van der Waals surface area contributed by atoms with Crippen molar-refractivity contribution < 1.29 is 9.53 Å². The molecule has 0 radical (unpaired) electrons. The number of thioether (sulfide) groups is 1. The molecule has 7 heteroatoms. The van der Waals surface area contributed by atoms with E-state index in [1.807, 2.05) is 12.1 Å². The summed E-state index contributed by atoms with van der Waals surface area (Å²) in [7, 11) is 3.16. The molecule has 0 aliphatic rings. The van der Waals surface area contributed by atoms with Gasteiger partial charge < -0.3 is 10.1 Å². The first kappa shape index (κ1) is 15.5. The smallest absolute Gasteiger partial charge is 0.262 e. The SMILES string of the molecule is CNC(=O)CSc1nc2ccccc2c(=O)n1CCOC. The molecular weight excluding hydrogens is 290 g/mol. The first-order chi connectivity index (χ1) is 10.2. The third-order valence-corrected chi connectivity index (χ3v) is 3.93. The van der Waals surface area contributed by atoms with Crippen LogP contribution in [-0.2, 0) is 16.1 Å². The standard InChI is InChI=1S/C14H17N3O3S/c1-15-12(18)9-21-14-16-11-6-4-3-5-10(11)13(19)17(14)7-8-20-2/h3-6H,7-9H2,1-2H3,(H,15,18). The molecule has 0 aliphatic heterocycles. The van der Waals surface area contributed by atoms with Crippen LogP contribution < -0.4 is 10.9 Å². The van der Waals surface area contributed by atoms with Gasteiger partial charge in [-0.1, -0.05) is 23.9 Å². The van der Waals surface area contributed by atoms with E-state index in [2.05, 4.69) is 10.3 Å². The number of para-hydroxylation sites is 1. The zero-order chi connectivity index (χ0) is 15.2. The lowest BCUT2D eigenvalue weighted by Gasteiger charge is -2.12. The Morgan fingerprint density at radius 3 is 2.90 bits per heavy atom. The van der Waals surface area contributed by atoms with Gasteiger partial charge in [-0.15, -0.1) is 0 Å². The third-order valence-electron chi connectivity index (χ3n) is 2.96. The van der Waals surface area contributed by atoms with Crippen molar-refractivity contribution in [1.82, 2.24) is 14.9 Å². The molecule has 0 spiro atoms. The maximum Gasteiger partial charge on any atom is 0.262 e. The second-order valence-electron chi connectivity index (χ2n) is 4.32. The lowest BCUT2D eigenvalue weighted by atomic mass is 10.2. The number of benzene rings is 1. The Balaban J connectivity index is 2.44. The number of fused-ring (bicyclic) bond motifs is 1. The number of nitrogens with one attached hydrogen (secondary N) is 1. The second-order valence-corrected chi connectivity index (χ2v) is 5.27. The van der Waals surface area contributed by atoms with Crippen molar-refractivity contribution in [2.45, 2.75) is 11.7 Å². The van der Waals surface area contributed by atoms with E-state index in [0.29, 0.717) is 29.2 Å². The number of hydrogen-bond donors (Lipinski definition) is 1. The van der Waals surface area contributed by atoms with Crippen LogP contribution in [0.5, 0.6) is 0 Å². The van der Waals surface area contributed by atoms with Crippen molar-refractivity contribution in [3.05, 3.63) is 34.6 Å². The number of aromatic nitrogens is 2. The minimum atomic E-state index is -0.114. The lowest BCUT2D eigenvalue weighted by Crippen LogP contribution is -2.26. The zero-order valence-corrected chi connectivity index (χ0v) is 12.8. The van der Waals surface area contributed by atoms with Gasteiger partial charge in [0.15, 0.2) is 5.16 Å². The quantitative estimate of drug-likeness (QED) is 0.633. The van der Waals surface area contributed by atoms with Gasteiger partial charge in [0.05, 0.1) is 29.8 Å². The topological polar surface area (TPSA) is 73.2 Å². The molecule has 1 amide bonds. The van der Waals surface area contributed by atoms with Gasteiger partial charge >= 0.3 is 0 Å². The summed E-state index contributed by atoms with van der Waals surface area (Å²) < 4.78 is 6.59. The van der Waals surface area contributed by atoms with Gasteiger partial charge in [0, 0.05) is 14.2 Å². The molecule has 112 valence electrons. The van der Waals surface area contributed by atoms with Gasteiger partial charge in [0.2, 0.25) is 5.91 Å². The molecule has 2 aromatic rings. The van der Waals surface area contributed by atoms with Crippen LogP contribution >= 0.6 is 11.8 Å². The summed E-state index contributed by atoms with van der Waals surface area (Å²) in [4.78, 5) is 28.4. The van der Waals surface area contributed by atoms with Crippen LogP contribution in [0.15, 0.2) is 34.2 Å². The van der Waals surface area contributed by atoms with Crippen molar-refractivity contribution in [3.8, 4) is 0 Å². The van der Waals surface area contributed by atoms with Crippen LogP contribution in [0.3, 0.4) is 0 Å². The Morgan fingerprint density at radius 2 is 2.19 bits per heavy atom. The minimum absolute atomic E-state index is 0.110. The summed E-state index contributed by atoms with van der Waals surface area (Å²) in [5, 5.41) is 3.64. The predicted octanol–water partition coefficient (Wildman–Crippen LogP) is 0.881. The molecule has 0 unspecified atom stereocenters. The highest BCUT2D eigenvalue weighted by molar-refractivity contribution is 7.99. The monoisotopic (exact) mass is 307 g/mol. The van der Waals surface area contributed by atoms with E-state index in [1.54, 1.807) is 30.9 Å². The van der Waals surface area contributed by atoms with E-state index in [-0.39, 0.29) is 17.2 Å². The zero-order valence-electron chi connectivity index (χ0n) is 12.0. The van der Waals surface area contributed by atoms with E-state index in [9.17, 15) is 9.59 Å². The number of ether oxygens (including phenoxy) is 1. The molecule has 21 heavy (non-hydrogen) atoms. The number of hydrogen-bond acceptors (Lipinski definition) is 5. The number of carbonyl (C=O) groups is 1. The number of nitrogens with zero attached hydrogens (tertiary/aromatic N) is 2. The van der Waals surface area contributed by atoms with E-state index in [4.69, 9.17) is 4.74 Å². The van der Waals surface area contributed by atoms with Gasteiger partial charge in [-0.25, -0.2) is 4.98 Å². The normalized spacial score (nSPS) is 10.8. The number of rotatable bonds is 6. The first-order valence-corrected chi connectivity index (χ1v) is 7.48. The molecule has 0 atom stereocenters. The van der Waals surface area contributed by atoms with Crippen LogP contribution in [0.2, 0.25) is 0 Å². The molecule has 1 N–H and O–H groups in total. The molecule has 0 saturated carbocycles. The summed E-state index contributed by atoms with van der Waals surface area (Å²) in [6.45, 7) is 0.816. The average Bonchev–Trinajstić information content (AvgIpc) is 2.52. The Morgan fingerprint density at radius 1 is 1.43 bits per heavy atom. The minimum Gasteiger partial charge on any atom is -0.383 e. The molecule has 1 aromatic heterocycles. The van der Waals surface area contributed by atoms with E-state index in [0.717, 1.165) is 0 Å². The molecule has 2 rings (SSSR count). The van der Waals surface area contributed by atoms with Crippen LogP contribution in [0.1, 0.15) is 0 Å². The molecule has 1 aromatic carbocycles. The van der Waals surface area contributed by atoms with Crippen molar-refractivity contribution >= 4 is 28.6 Å². The highest BCUT2D eigenvalue weighted by Gasteiger charge is 2.12. The number of methoxy groups -OCH3 is 1. The maximum atomic E-state index is 12.5. The molecule has 0 aliphatic carbocycles. The Bertz CT molecular complexity index is 699. The fourth-order valence-electron chi connectivity index (χ4n) is 1.84. The largest absolute Gasteiger partial charge is 0.383 e. The summed E-state index contributed by atoms with van der Waals surface area (Å²) >= 11 is 1.24. The van der Waals surface area contributed by atoms with Crippen LogP contribution in [0, 0.1) is 0 Å². The first-order valence-electron chi connectivity index (χ1n) is 6.49. The fourth-order valence-corrected chi connectivity index (χ4v) is 2.74. The van der Waals surface area contributed by atoms with Crippen molar-refractivity contribution in [2.75, 3.05) is 26.5 Å². The van der Waals surface area contributed by atoms with Crippen LogP contribution in [-0.4, -0.2) is 42.0 Å². The summed E-state index contributed by atoms with van der Waals surface area (Å²) in [6.07, 6.45) is 0. The highest BCUT2D eigenvalue weighted by atomic mass is 32.2. The predicted molar refractivity (Wildman–Crippen MR) is 82.7 cm³/mol. The van der Waals surface area contributed by atoms with E-state index < -0.39 is 0 Å². The van der Waals surface area contributed by atoms with Crippen LogP contribution in [0.25, 0.3) is 10.9 Å². The molecular formula is C14H17N3O3S. The van der Waals surface area contributed by atoms with Crippen LogP contribution in [0.4, 0.5) is 0 Å². The second kappa shape index (κ2) is 7.24. The molecule has 6 nitrogen and oxygen atoms in total. The number of amides is 1. The van der Waals surface area contributed by atoms with Gasteiger partial charge in [-0.3, -0.25) is 14.2 Å². The Kier molecular flexibility index (Phi) is 5.35. The third kappa shape index (κ3) is 3.62. The molecule has 0 fully saturated rings. The van der Waals surface area contributed by atoms with E-state index >= 15 is 0 Å². The van der Waals surface area contributed by atoms with E-state index in [1.165, 1.54) is 11.8 Å². The van der Waals surface area contributed by atoms with Gasteiger partial charge in [-0.2, -0.15) is 0 Å². The molecule has 0 bridgehead atoms. The average molecular weight is 307 g/mol. The summed E-state index contributed by atoms with van der Waals surface area (Å²) in [6, 6.07) is 7.19. The van der Waals surface area contributed by atoms with Crippen molar-refractivity contribution in [3.63, 3.8) is 0 Å². The maximum absolute atomic E-state index is 12.5. The molecule has 0 saturated heterocycles. The van der Waals surface area contributed by atoms with Crippen molar-refractivity contribution in [1.29, 1.82) is 0 Å². The van der Waals surface area contributed by atoms with Gasteiger partial charge in [0.25, 0.3) is 5.56 Å².